The Morgan fingerprint density at radius 3 is 2.35 bits per heavy atom. The molecule has 180 valence electrons. The van der Waals surface area contributed by atoms with Crippen molar-refractivity contribution < 1.29 is 4.92 Å². The maximum atomic E-state index is 12.4. The average Bonchev–Trinajstić information content (AvgIpc) is 2.85. The summed E-state index contributed by atoms with van der Waals surface area (Å²) >= 11 is 0. The number of nitro benzene ring substituents is 1. The molecule has 34 heavy (non-hydrogen) atoms. The van der Waals surface area contributed by atoms with Crippen LogP contribution in [-0.4, -0.2) is 40.2 Å². The summed E-state index contributed by atoms with van der Waals surface area (Å²) in [6.45, 7) is 2.62. The third kappa shape index (κ3) is 6.41. The monoisotopic (exact) mass is 465 g/mol. The van der Waals surface area contributed by atoms with Crippen LogP contribution in [0.25, 0.3) is 0 Å². The number of rotatable bonds is 12. The summed E-state index contributed by atoms with van der Waals surface area (Å²) in [5, 5.41) is 14.5. The second-order valence-corrected chi connectivity index (χ2v) is 8.20. The zero-order chi connectivity index (χ0) is 24.5. The fourth-order valence-corrected chi connectivity index (χ4v) is 3.92. The van der Waals surface area contributed by atoms with Crippen LogP contribution in [0.2, 0.25) is 0 Å². The number of nitrogens with zero attached hydrogens (tertiary/aromatic N) is 4. The minimum atomic E-state index is -0.357. The number of nitrogens with one attached hydrogen (secondary N) is 1. The van der Waals surface area contributed by atoms with Crippen molar-refractivity contribution in [1.82, 2.24) is 14.5 Å². The van der Waals surface area contributed by atoms with E-state index in [-0.39, 0.29) is 21.9 Å². The first-order chi connectivity index (χ1) is 16.4. The lowest BCUT2D eigenvalue weighted by molar-refractivity contribution is -0.385. The van der Waals surface area contributed by atoms with Gasteiger partial charge in [-0.25, -0.2) is 4.79 Å². The molecule has 0 radical (unpaired) electrons. The van der Waals surface area contributed by atoms with Gasteiger partial charge in [-0.2, -0.15) is 0 Å². The lowest BCUT2D eigenvalue weighted by Gasteiger charge is -2.27. The maximum absolute atomic E-state index is 12.4. The molecule has 0 saturated carbocycles. The number of nitro groups is 1. The first kappa shape index (κ1) is 24.9. The number of para-hydroxylation sites is 1. The fraction of sp³-hybridized carbons (Fsp3) is 0.360. The second-order valence-electron chi connectivity index (χ2n) is 8.20. The van der Waals surface area contributed by atoms with Crippen molar-refractivity contribution in [3.05, 3.63) is 103 Å². The molecule has 9 nitrogen and oxygen atoms in total. The Kier molecular flexibility index (Phi) is 8.75. The van der Waals surface area contributed by atoms with Crippen LogP contribution in [0.15, 0.2) is 70.3 Å². The smallest absolute Gasteiger partial charge is 0.332 e. The standard InChI is InChI=1S/C25H31N5O4/c1-27-23(19-24(31)28(2)25(27)32)29(17-14-20-9-4-3-5-10-20)18-16-26-15-8-12-21-11-6-7-13-22(21)30(33)34/h3-7,9-11,13,19,26H,8,12,14-18H2,1-2H3. The van der Waals surface area contributed by atoms with Crippen LogP contribution in [0.3, 0.4) is 0 Å². The molecule has 3 aromatic rings. The predicted octanol–water partition coefficient (Wildman–Crippen LogP) is 2.26. The van der Waals surface area contributed by atoms with E-state index in [1.807, 2.05) is 29.2 Å². The quantitative estimate of drug-likeness (QED) is 0.250. The van der Waals surface area contributed by atoms with Crippen LogP contribution < -0.4 is 21.5 Å². The van der Waals surface area contributed by atoms with Gasteiger partial charge in [-0.3, -0.25) is 24.0 Å². The van der Waals surface area contributed by atoms with Gasteiger partial charge in [-0.1, -0.05) is 48.5 Å². The minimum absolute atomic E-state index is 0.154. The van der Waals surface area contributed by atoms with Gasteiger partial charge in [0.05, 0.1) is 4.92 Å². The van der Waals surface area contributed by atoms with Crippen LogP contribution in [0.1, 0.15) is 17.5 Å². The van der Waals surface area contributed by atoms with Crippen molar-refractivity contribution in [2.24, 2.45) is 14.1 Å². The molecule has 0 bridgehead atoms. The van der Waals surface area contributed by atoms with Gasteiger partial charge in [0.25, 0.3) is 11.2 Å². The van der Waals surface area contributed by atoms with E-state index < -0.39 is 0 Å². The molecule has 0 saturated heterocycles. The Labute approximate surface area is 198 Å². The van der Waals surface area contributed by atoms with Crippen LogP contribution >= 0.6 is 0 Å². The molecule has 0 atom stereocenters. The molecule has 0 aliphatic heterocycles. The van der Waals surface area contributed by atoms with Gasteiger partial charge in [0.15, 0.2) is 0 Å². The van der Waals surface area contributed by atoms with E-state index in [0.29, 0.717) is 38.4 Å². The van der Waals surface area contributed by atoms with E-state index >= 15 is 0 Å². The van der Waals surface area contributed by atoms with E-state index in [1.54, 1.807) is 19.2 Å². The van der Waals surface area contributed by atoms with Gasteiger partial charge in [0, 0.05) is 51.4 Å². The Morgan fingerprint density at radius 1 is 0.912 bits per heavy atom. The number of anilines is 1. The zero-order valence-corrected chi connectivity index (χ0v) is 19.6. The summed E-state index contributed by atoms with van der Waals surface area (Å²) in [4.78, 5) is 37.6. The van der Waals surface area contributed by atoms with E-state index in [4.69, 9.17) is 0 Å². The number of aromatic nitrogens is 2. The summed E-state index contributed by atoms with van der Waals surface area (Å²) in [7, 11) is 3.15. The molecule has 0 spiro atoms. The third-order valence-corrected chi connectivity index (χ3v) is 5.88. The van der Waals surface area contributed by atoms with Gasteiger partial charge in [-0.15, -0.1) is 0 Å². The largest absolute Gasteiger partial charge is 0.356 e. The van der Waals surface area contributed by atoms with Gasteiger partial charge in [0.2, 0.25) is 0 Å². The third-order valence-electron chi connectivity index (χ3n) is 5.88. The van der Waals surface area contributed by atoms with Crippen molar-refractivity contribution in [3.63, 3.8) is 0 Å². The lowest BCUT2D eigenvalue weighted by atomic mass is 10.1. The highest BCUT2D eigenvalue weighted by atomic mass is 16.6. The van der Waals surface area contributed by atoms with Crippen LogP contribution in [0.4, 0.5) is 11.5 Å². The van der Waals surface area contributed by atoms with Crippen molar-refractivity contribution in [3.8, 4) is 0 Å². The normalized spacial score (nSPS) is 10.9. The Balaban J connectivity index is 1.60. The summed E-state index contributed by atoms with van der Waals surface area (Å²) in [6.07, 6.45) is 2.16. The topological polar surface area (TPSA) is 102 Å². The van der Waals surface area contributed by atoms with Crippen molar-refractivity contribution in [2.45, 2.75) is 19.3 Å². The van der Waals surface area contributed by atoms with E-state index in [1.165, 1.54) is 29.3 Å². The molecular formula is C25H31N5O4. The summed E-state index contributed by atoms with van der Waals surface area (Å²) < 4.78 is 2.60. The molecule has 0 unspecified atom stereocenters. The van der Waals surface area contributed by atoms with Gasteiger partial charge in [-0.05, 0) is 31.4 Å². The molecule has 9 heteroatoms. The molecule has 0 aliphatic rings. The second kappa shape index (κ2) is 11.9. The lowest BCUT2D eigenvalue weighted by Crippen LogP contribution is -2.42. The van der Waals surface area contributed by atoms with Crippen molar-refractivity contribution in [1.29, 1.82) is 0 Å². The molecule has 3 rings (SSSR count). The molecule has 0 amide bonds. The Morgan fingerprint density at radius 2 is 1.62 bits per heavy atom. The highest BCUT2D eigenvalue weighted by molar-refractivity contribution is 5.40. The van der Waals surface area contributed by atoms with Gasteiger partial charge >= 0.3 is 5.69 Å². The highest BCUT2D eigenvalue weighted by Gasteiger charge is 2.14. The molecule has 1 heterocycles. The van der Waals surface area contributed by atoms with Crippen LogP contribution in [0, 0.1) is 10.1 Å². The number of benzene rings is 2. The van der Waals surface area contributed by atoms with Crippen molar-refractivity contribution >= 4 is 11.5 Å². The summed E-state index contributed by atoms with van der Waals surface area (Å²) in [5.74, 6) is 0.589. The average molecular weight is 466 g/mol. The van der Waals surface area contributed by atoms with Crippen molar-refractivity contribution in [2.75, 3.05) is 31.1 Å². The first-order valence-corrected chi connectivity index (χ1v) is 11.4. The summed E-state index contributed by atoms with van der Waals surface area (Å²) in [6, 6.07) is 18.4. The molecule has 1 N–H and O–H groups in total. The van der Waals surface area contributed by atoms with Crippen LogP contribution in [-0.2, 0) is 26.9 Å². The highest BCUT2D eigenvalue weighted by Crippen LogP contribution is 2.18. The predicted molar refractivity (Wildman–Crippen MR) is 134 cm³/mol. The molecule has 0 aliphatic carbocycles. The number of hydrogen-bond acceptors (Lipinski definition) is 6. The zero-order valence-electron chi connectivity index (χ0n) is 19.6. The SMILES string of the molecule is Cn1c(N(CCNCCCc2ccccc2[N+](=O)[O-])CCc2ccccc2)cc(=O)n(C)c1=O. The Bertz CT molecular complexity index is 1220. The number of aryl methyl sites for hydroxylation is 1. The van der Waals surface area contributed by atoms with Crippen LogP contribution in [0.5, 0.6) is 0 Å². The van der Waals surface area contributed by atoms with Gasteiger partial charge < -0.3 is 10.2 Å². The minimum Gasteiger partial charge on any atom is -0.356 e. The first-order valence-electron chi connectivity index (χ1n) is 11.4. The fourth-order valence-electron chi connectivity index (χ4n) is 3.92. The van der Waals surface area contributed by atoms with E-state index in [2.05, 4.69) is 17.4 Å². The number of hydrogen-bond donors (Lipinski definition) is 1. The molecule has 0 fully saturated rings. The van der Waals surface area contributed by atoms with E-state index in [0.717, 1.165) is 23.0 Å². The van der Waals surface area contributed by atoms with E-state index in [9.17, 15) is 19.7 Å². The van der Waals surface area contributed by atoms with Gasteiger partial charge in [0.1, 0.15) is 5.82 Å². The summed E-state index contributed by atoms with van der Waals surface area (Å²) in [5.41, 5.74) is 1.37. The molecular weight excluding hydrogens is 434 g/mol. The Hall–Kier alpha value is -3.72. The molecule has 2 aromatic carbocycles. The maximum Gasteiger partial charge on any atom is 0.332 e. The molecule has 1 aromatic heterocycles.